The molecule has 0 radical (unpaired) electrons. The van der Waals surface area contributed by atoms with Gasteiger partial charge in [-0.05, 0) is 12.2 Å². The van der Waals surface area contributed by atoms with Gasteiger partial charge in [-0.25, -0.2) is 0 Å². The van der Waals surface area contributed by atoms with Gasteiger partial charge in [0.15, 0.2) is 4.77 Å². The summed E-state index contributed by atoms with van der Waals surface area (Å²) in [4.78, 5) is 24.3. The van der Waals surface area contributed by atoms with E-state index in [4.69, 9.17) is 17.3 Å². The third kappa shape index (κ3) is 2.03. The second-order valence-corrected chi connectivity index (χ2v) is 2.94. The van der Waals surface area contributed by atoms with Gasteiger partial charge in [0.25, 0.3) is 5.56 Å². The smallest absolute Gasteiger partial charge is 0.308 e. The van der Waals surface area contributed by atoms with Crippen molar-refractivity contribution in [2.24, 2.45) is 7.05 Å². The summed E-state index contributed by atoms with van der Waals surface area (Å²) in [5.74, 6) is -1.04. The van der Waals surface area contributed by atoms with Crippen molar-refractivity contribution in [3.8, 4) is 0 Å². The first-order valence-corrected chi connectivity index (χ1v) is 3.92. The summed E-state index contributed by atoms with van der Waals surface area (Å²) in [6.07, 6.45) is 1.04. The summed E-state index contributed by atoms with van der Waals surface area (Å²) in [6.45, 7) is 0. The first kappa shape index (κ1) is 9.66. The first-order valence-electron chi connectivity index (χ1n) is 3.51. The van der Waals surface area contributed by atoms with Crippen molar-refractivity contribution in [2.75, 3.05) is 0 Å². The number of carboxylic acids is 1. The number of H-pyrrole nitrogens is 1. The molecule has 2 N–H and O–H groups in total. The molecule has 0 bridgehead atoms. The van der Waals surface area contributed by atoms with Gasteiger partial charge in [-0.2, -0.15) is 0 Å². The predicted octanol–water partition coefficient (Wildman–Crippen LogP) is 0.0700. The molecule has 70 valence electrons. The Morgan fingerprint density at radius 2 is 2.38 bits per heavy atom. The van der Waals surface area contributed by atoms with Gasteiger partial charge in [-0.3, -0.25) is 14.2 Å². The van der Waals surface area contributed by atoms with E-state index in [-0.39, 0.29) is 22.3 Å². The lowest BCUT2D eigenvalue weighted by molar-refractivity contribution is -0.136. The topological polar surface area (TPSA) is 75.1 Å². The molecule has 5 nitrogen and oxygen atoms in total. The number of nitrogens with one attached hydrogen (secondary N) is 1. The molecule has 1 aromatic heterocycles. The minimum atomic E-state index is -1.04. The molecular formula is C7H8N2O3S. The molecule has 6 heteroatoms. The van der Waals surface area contributed by atoms with Crippen LogP contribution in [0.4, 0.5) is 0 Å². The van der Waals surface area contributed by atoms with E-state index in [0.29, 0.717) is 0 Å². The minimum absolute atomic E-state index is 0.198. The van der Waals surface area contributed by atoms with E-state index in [1.165, 1.54) is 17.8 Å². The number of aromatic nitrogens is 2. The van der Waals surface area contributed by atoms with Gasteiger partial charge in [-0.15, -0.1) is 0 Å². The Morgan fingerprint density at radius 3 is 2.92 bits per heavy atom. The predicted molar refractivity (Wildman–Crippen MR) is 48.2 cm³/mol. The van der Waals surface area contributed by atoms with Crippen molar-refractivity contribution in [2.45, 2.75) is 6.42 Å². The molecule has 1 heterocycles. The van der Waals surface area contributed by atoms with Crippen LogP contribution < -0.4 is 5.56 Å². The number of carboxylic acid groups (broad SMARTS) is 1. The van der Waals surface area contributed by atoms with Crippen LogP contribution in [0.2, 0.25) is 0 Å². The molecule has 0 aliphatic rings. The molecule has 0 spiro atoms. The average Bonchev–Trinajstić information content (AvgIpc) is 2.06. The highest BCUT2D eigenvalue weighted by atomic mass is 32.1. The fourth-order valence-electron chi connectivity index (χ4n) is 0.905. The number of aromatic amines is 1. The summed E-state index contributed by atoms with van der Waals surface area (Å²) in [7, 11) is 1.49. The van der Waals surface area contributed by atoms with Crippen LogP contribution in [-0.2, 0) is 18.3 Å². The maximum Gasteiger partial charge on any atom is 0.308 e. The van der Waals surface area contributed by atoms with E-state index in [0.717, 1.165) is 0 Å². The van der Waals surface area contributed by atoms with E-state index in [9.17, 15) is 9.59 Å². The second-order valence-electron chi connectivity index (χ2n) is 2.55. The van der Waals surface area contributed by atoms with Crippen molar-refractivity contribution in [1.82, 2.24) is 9.55 Å². The molecule has 0 aliphatic carbocycles. The standard InChI is InChI=1S/C7H8N2O3S/c1-9-6(12)4(2-5(10)11)3-8-7(9)13/h3H,2H2,1H3,(H,8,13)(H,10,11). The number of aliphatic carboxylic acids is 1. The van der Waals surface area contributed by atoms with E-state index in [1.807, 2.05) is 0 Å². The summed E-state index contributed by atoms with van der Waals surface area (Å²) < 4.78 is 1.48. The van der Waals surface area contributed by atoms with Crippen molar-refractivity contribution < 1.29 is 9.90 Å². The normalized spacial score (nSPS) is 9.92. The molecule has 0 amide bonds. The van der Waals surface area contributed by atoms with Gasteiger partial charge in [-0.1, -0.05) is 0 Å². The number of hydrogen-bond acceptors (Lipinski definition) is 3. The van der Waals surface area contributed by atoms with Crippen molar-refractivity contribution >= 4 is 18.2 Å². The Hall–Kier alpha value is -1.43. The summed E-state index contributed by atoms with van der Waals surface area (Å²) in [5.41, 5.74) is -0.172. The highest BCUT2D eigenvalue weighted by Crippen LogP contribution is 1.90. The SMILES string of the molecule is Cn1c(=S)[nH]cc(CC(=O)O)c1=O. The number of carbonyl (C=O) groups is 1. The second kappa shape index (κ2) is 3.53. The molecular weight excluding hydrogens is 192 g/mol. The lowest BCUT2D eigenvalue weighted by atomic mass is 10.2. The molecule has 1 rings (SSSR count). The highest BCUT2D eigenvalue weighted by Gasteiger charge is 2.06. The third-order valence-electron chi connectivity index (χ3n) is 1.60. The molecule has 0 unspecified atom stereocenters. The Labute approximate surface area is 78.7 Å². The molecule has 0 saturated heterocycles. The molecule has 0 fully saturated rings. The van der Waals surface area contributed by atoms with Crippen LogP contribution in [0.3, 0.4) is 0 Å². The monoisotopic (exact) mass is 200 g/mol. The van der Waals surface area contributed by atoms with Crippen LogP contribution in [0, 0.1) is 4.77 Å². The molecule has 13 heavy (non-hydrogen) atoms. The first-order chi connectivity index (χ1) is 6.02. The van der Waals surface area contributed by atoms with Crippen molar-refractivity contribution in [3.05, 3.63) is 26.9 Å². The quantitative estimate of drug-likeness (QED) is 0.662. The van der Waals surface area contributed by atoms with Crippen molar-refractivity contribution in [3.63, 3.8) is 0 Å². The number of rotatable bonds is 2. The lowest BCUT2D eigenvalue weighted by Crippen LogP contribution is -2.24. The fourth-order valence-corrected chi connectivity index (χ4v) is 1.05. The Kier molecular flexibility index (Phi) is 2.62. The zero-order valence-electron chi connectivity index (χ0n) is 6.90. The van der Waals surface area contributed by atoms with Gasteiger partial charge < -0.3 is 10.1 Å². The van der Waals surface area contributed by atoms with Gasteiger partial charge in [0.2, 0.25) is 0 Å². The van der Waals surface area contributed by atoms with Crippen LogP contribution in [0.5, 0.6) is 0 Å². The van der Waals surface area contributed by atoms with Gasteiger partial charge >= 0.3 is 5.97 Å². The van der Waals surface area contributed by atoms with Crippen molar-refractivity contribution in [1.29, 1.82) is 0 Å². The highest BCUT2D eigenvalue weighted by molar-refractivity contribution is 7.71. The Balaban J connectivity index is 3.27. The van der Waals surface area contributed by atoms with Gasteiger partial charge in [0, 0.05) is 18.8 Å². The zero-order chi connectivity index (χ0) is 10.0. The van der Waals surface area contributed by atoms with Gasteiger partial charge in [0.1, 0.15) is 0 Å². The van der Waals surface area contributed by atoms with Crippen LogP contribution >= 0.6 is 12.2 Å². The molecule has 0 aliphatic heterocycles. The zero-order valence-corrected chi connectivity index (χ0v) is 7.72. The molecule has 0 atom stereocenters. The summed E-state index contributed by atoms with van der Waals surface area (Å²) in [6, 6.07) is 0. The van der Waals surface area contributed by atoms with E-state index < -0.39 is 5.97 Å². The van der Waals surface area contributed by atoms with Gasteiger partial charge in [0.05, 0.1) is 6.42 Å². The lowest BCUT2D eigenvalue weighted by Gasteiger charge is -2.00. The van der Waals surface area contributed by atoms with Crippen LogP contribution in [0.15, 0.2) is 11.0 Å². The van der Waals surface area contributed by atoms with E-state index in [1.54, 1.807) is 0 Å². The maximum absolute atomic E-state index is 11.3. The van der Waals surface area contributed by atoms with Crippen LogP contribution in [0.25, 0.3) is 0 Å². The molecule has 0 aromatic carbocycles. The number of hydrogen-bond donors (Lipinski definition) is 2. The summed E-state index contributed by atoms with van der Waals surface area (Å²) in [5, 5.41) is 8.46. The average molecular weight is 200 g/mol. The maximum atomic E-state index is 11.3. The van der Waals surface area contributed by atoms with E-state index >= 15 is 0 Å². The summed E-state index contributed by atoms with van der Waals surface area (Å²) >= 11 is 4.77. The number of nitrogens with zero attached hydrogens (tertiary/aromatic N) is 1. The van der Waals surface area contributed by atoms with Crippen LogP contribution in [0.1, 0.15) is 5.56 Å². The third-order valence-corrected chi connectivity index (χ3v) is 1.99. The fraction of sp³-hybridized carbons (Fsp3) is 0.286. The Bertz CT molecular complexity index is 446. The largest absolute Gasteiger partial charge is 0.481 e. The van der Waals surface area contributed by atoms with Crippen LogP contribution in [-0.4, -0.2) is 20.6 Å². The molecule has 0 saturated carbocycles. The minimum Gasteiger partial charge on any atom is -0.481 e. The molecule has 1 aromatic rings. The Morgan fingerprint density at radius 1 is 1.77 bits per heavy atom. The van der Waals surface area contributed by atoms with E-state index in [2.05, 4.69) is 4.98 Å².